The van der Waals surface area contributed by atoms with Gasteiger partial charge in [0.1, 0.15) is 0 Å². The van der Waals surface area contributed by atoms with Crippen LogP contribution in [0.3, 0.4) is 0 Å². The molecule has 0 aromatic rings. The van der Waals surface area contributed by atoms with Crippen LogP contribution in [0.1, 0.15) is 25.7 Å². The van der Waals surface area contributed by atoms with Crippen molar-refractivity contribution in [1.29, 1.82) is 0 Å². The van der Waals surface area contributed by atoms with Crippen LogP contribution in [0.2, 0.25) is 19.1 Å². The van der Waals surface area contributed by atoms with Crippen LogP contribution < -0.4 is 0 Å². The van der Waals surface area contributed by atoms with Crippen molar-refractivity contribution in [1.82, 2.24) is 0 Å². The SMILES string of the molecule is CO[Si](C)(C)CCCCCCS. The number of thiol groups is 1. The van der Waals surface area contributed by atoms with Crippen molar-refractivity contribution in [3.8, 4) is 0 Å². The zero-order valence-corrected chi connectivity index (χ0v) is 10.5. The molecule has 0 heterocycles. The van der Waals surface area contributed by atoms with Crippen LogP contribution in [-0.2, 0) is 4.43 Å². The van der Waals surface area contributed by atoms with Crippen LogP contribution in [0.5, 0.6) is 0 Å². The van der Waals surface area contributed by atoms with Crippen LogP contribution in [0.25, 0.3) is 0 Å². The predicted octanol–water partition coefficient (Wildman–Crippen LogP) is 3.33. The predicted molar refractivity (Wildman–Crippen MR) is 61.6 cm³/mol. The first-order chi connectivity index (χ1) is 5.62. The van der Waals surface area contributed by atoms with E-state index in [9.17, 15) is 0 Å². The fraction of sp³-hybridized carbons (Fsp3) is 1.00. The zero-order valence-electron chi connectivity index (χ0n) is 8.60. The molecular formula is C9H22OSSi. The molecule has 1 nitrogen and oxygen atoms in total. The second kappa shape index (κ2) is 6.98. The van der Waals surface area contributed by atoms with Gasteiger partial charge in [-0.15, -0.1) is 0 Å². The Morgan fingerprint density at radius 3 is 2.17 bits per heavy atom. The van der Waals surface area contributed by atoms with E-state index in [1.165, 1.54) is 31.7 Å². The van der Waals surface area contributed by atoms with Crippen molar-refractivity contribution in [2.24, 2.45) is 0 Å². The lowest BCUT2D eigenvalue weighted by Gasteiger charge is -2.19. The zero-order chi connectivity index (χ0) is 9.45. The smallest absolute Gasteiger partial charge is 0.186 e. The van der Waals surface area contributed by atoms with Gasteiger partial charge in [0.25, 0.3) is 0 Å². The van der Waals surface area contributed by atoms with Gasteiger partial charge in [-0.2, -0.15) is 12.6 Å². The first kappa shape index (κ1) is 12.5. The minimum Gasteiger partial charge on any atom is -0.420 e. The van der Waals surface area contributed by atoms with Gasteiger partial charge in [0.2, 0.25) is 0 Å². The molecule has 74 valence electrons. The summed E-state index contributed by atoms with van der Waals surface area (Å²) in [5.74, 6) is 1.03. The highest BCUT2D eigenvalue weighted by atomic mass is 32.1. The van der Waals surface area contributed by atoms with Crippen molar-refractivity contribution in [2.75, 3.05) is 12.9 Å². The summed E-state index contributed by atoms with van der Waals surface area (Å²) < 4.78 is 5.47. The number of unbranched alkanes of at least 4 members (excludes halogenated alkanes) is 3. The highest BCUT2D eigenvalue weighted by Gasteiger charge is 2.18. The quantitative estimate of drug-likeness (QED) is 0.382. The van der Waals surface area contributed by atoms with E-state index in [1.807, 2.05) is 7.11 Å². The molecule has 0 aliphatic rings. The maximum Gasteiger partial charge on any atom is 0.186 e. The number of rotatable bonds is 7. The van der Waals surface area contributed by atoms with Crippen LogP contribution in [0, 0.1) is 0 Å². The molecule has 0 saturated carbocycles. The average molecular weight is 206 g/mol. The van der Waals surface area contributed by atoms with Gasteiger partial charge >= 0.3 is 0 Å². The van der Waals surface area contributed by atoms with Crippen LogP contribution in [0.15, 0.2) is 0 Å². The Morgan fingerprint density at radius 2 is 1.67 bits per heavy atom. The molecule has 0 fully saturated rings. The molecule has 12 heavy (non-hydrogen) atoms. The summed E-state index contributed by atoms with van der Waals surface area (Å²) in [6.07, 6.45) is 5.27. The molecule has 0 aromatic carbocycles. The third kappa shape index (κ3) is 7.19. The standard InChI is InChI=1S/C9H22OSSi/c1-10-12(2,3)9-7-5-4-6-8-11/h11H,4-9H2,1-3H3. The van der Waals surface area contributed by atoms with E-state index < -0.39 is 8.32 Å². The van der Waals surface area contributed by atoms with Crippen molar-refractivity contribution < 1.29 is 4.43 Å². The lowest BCUT2D eigenvalue weighted by Crippen LogP contribution is -2.27. The van der Waals surface area contributed by atoms with E-state index in [1.54, 1.807) is 0 Å². The lowest BCUT2D eigenvalue weighted by molar-refractivity contribution is 0.401. The van der Waals surface area contributed by atoms with Gasteiger partial charge in [0.05, 0.1) is 0 Å². The van der Waals surface area contributed by atoms with Crippen molar-refractivity contribution in [2.45, 2.75) is 44.8 Å². The van der Waals surface area contributed by atoms with E-state index in [0.717, 1.165) is 5.75 Å². The largest absolute Gasteiger partial charge is 0.420 e. The maximum absolute atomic E-state index is 5.47. The van der Waals surface area contributed by atoms with Crippen LogP contribution in [0.4, 0.5) is 0 Å². The summed E-state index contributed by atoms with van der Waals surface area (Å²) in [6, 6.07) is 1.30. The van der Waals surface area contributed by atoms with Gasteiger partial charge in [-0.1, -0.05) is 19.3 Å². The Morgan fingerprint density at radius 1 is 1.08 bits per heavy atom. The number of hydrogen-bond acceptors (Lipinski definition) is 2. The molecule has 0 saturated heterocycles. The minimum absolute atomic E-state index is 1.03. The number of hydrogen-bond donors (Lipinski definition) is 1. The monoisotopic (exact) mass is 206 g/mol. The average Bonchev–Trinajstić information content (AvgIpc) is 2.04. The molecule has 0 N–H and O–H groups in total. The van der Waals surface area contributed by atoms with Crippen LogP contribution >= 0.6 is 12.6 Å². The highest BCUT2D eigenvalue weighted by molar-refractivity contribution is 7.80. The van der Waals surface area contributed by atoms with Gasteiger partial charge < -0.3 is 4.43 Å². The molecule has 0 bridgehead atoms. The van der Waals surface area contributed by atoms with E-state index in [4.69, 9.17) is 4.43 Å². The molecule has 3 heteroatoms. The van der Waals surface area contributed by atoms with Gasteiger partial charge in [0.15, 0.2) is 8.32 Å². The molecular weight excluding hydrogens is 184 g/mol. The summed E-state index contributed by atoms with van der Waals surface area (Å²) in [7, 11) is 0.591. The second-order valence-electron chi connectivity index (χ2n) is 3.85. The first-order valence-electron chi connectivity index (χ1n) is 4.78. The Kier molecular flexibility index (Phi) is 7.29. The summed E-state index contributed by atoms with van der Waals surface area (Å²) >= 11 is 4.18. The van der Waals surface area contributed by atoms with E-state index in [0.29, 0.717) is 0 Å². The normalized spacial score (nSPS) is 12.0. The van der Waals surface area contributed by atoms with E-state index in [-0.39, 0.29) is 0 Å². The molecule has 0 unspecified atom stereocenters. The third-order valence-corrected chi connectivity index (χ3v) is 5.22. The van der Waals surface area contributed by atoms with Gasteiger partial charge in [-0.05, 0) is 31.3 Å². The van der Waals surface area contributed by atoms with Gasteiger partial charge in [-0.25, -0.2) is 0 Å². The third-order valence-electron chi connectivity index (χ3n) is 2.24. The molecule has 0 aliphatic heterocycles. The molecule has 0 radical (unpaired) electrons. The fourth-order valence-corrected chi connectivity index (χ4v) is 2.65. The molecule has 0 aliphatic carbocycles. The molecule has 0 amide bonds. The Hall–Kier alpha value is 0.527. The Labute approximate surface area is 83.4 Å². The van der Waals surface area contributed by atoms with Crippen molar-refractivity contribution >= 4 is 20.9 Å². The first-order valence-corrected chi connectivity index (χ1v) is 8.53. The molecule has 0 spiro atoms. The van der Waals surface area contributed by atoms with E-state index >= 15 is 0 Å². The molecule has 0 rings (SSSR count). The van der Waals surface area contributed by atoms with Crippen molar-refractivity contribution in [3.63, 3.8) is 0 Å². The summed E-state index contributed by atoms with van der Waals surface area (Å²) in [6.45, 7) is 4.57. The Balaban J connectivity index is 3.19. The van der Waals surface area contributed by atoms with Crippen LogP contribution in [-0.4, -0.2) is 21.2 Å². The van der Waals surface area contributed by atoms with E-state index in [2.05, 4.69) is 25.7 Å². The summed E-state index contributed by atoms with van der Waals surface area (Å²) in [5.41, 5.74) is 0. The summed E-state index contributed by atoms with van der Waals surface area (Å²) in [4.78, 5) is 0. The highest BCUT2D eigenvalue weighted by Crippen LogP contribution is 2.15. The molecule has 0 atom stereocenters. The van der Waals surface area contributed by atoms with Crippen molar-refractivity contribution in [3.05, 3.63) is 0 Å². The van der Waals surface area contributed by atoms with Gasteiger partial charge in [0, 0.05) is 7.11 Å². The van der Waals surface area contributed by atoms with Gasteiger partial charge in [-0.3, -0.25) is 0 Å². The lowest BCUT2D eigenvalue weighted by atomic mass is 10.2. The summed E-state index contributed by atoms with van der Waals surface area (Å²) in [5, 5.41) is 0. The molecule has 0 aromatic heterocycles. The Bertz CT molecular complexity index is 107. The minimum atomic E-state index is -1.26. The fourth-order valence-electron chi connectivity index (χ4n) is 1.12. The maximum atomic E-state index is 5.47. The second-order valence-corrected chi connectivity index (χ2v) is 8.73. The topological polar surface area (TPSA) is 9.23 Å².